The summed E-state index contributed by atoms with van der Waals surface area (Å²) in [5, 5.41) is 7.09. The smallest absolute Gasteiger partial charge is 0.336 e. The van der Waals surface area contributed by atoms with E-state index in [2.05, 4.69) is 10.4 Å². The van der Waals surface area contributed by atoms with Gasteiger partial charge in [0.1, 0.15) is 0 Å². The van der Waals surface area contributed by atoms with Crippen LogP contribution in [0.4, 0.5) is 18.9 Å². The first kappa shape index (κ1) is 25.2. The number of alkyl halides is 3. The van der Waals surface area contributed by atoms with Gasteiger partial charge in [-0.3, -0.25) is 14.4 Å². The minimum Gasteiger partial charge on any atom is -0.336 e. The Kier molecular flexibility index (Phi) is 6.96. The van der Waals surface area contributed by atoms with Crippen LogP contribution in [0.3, 0.4) is 0 Å². The maximum atomic E-state index is 13.1. The molecule has 1 fully saturated rings. The van der Waals surface area contributed by atoms with E-state index in [1.165, 1.54) is 28.6 Å². The van der Waals surface area contributed by atoms with Gasteiger partial charge in [-0.1, -0.05) is 24.3 Å². The van der Waals surface area contributed by atoms with Crippen LogP contribution in [0, 0.1) is 19.8 Å². The molecule has 0 spiro atoms. The molecule has 0 aliphatic carbocycles. The van der Waals surface area contributed by atoms with Crippen LogP contribution in [0.25, 0.3) is 5.69 Å². The second-order valence-electron chi connectivity index (χ2n) is 8.76. The molecule has 1 aromatic heterocycles. The molecule has 0 radical (unpaired) electrons. The van der Waals surface area contributed by atoms with Crippen LogP contribution in [0.5, 0.6) is 0 Å². The molecule has 10 heteroatoms. The number of halogens is 3. The van der Waals surface area contributed by atoms with Gasteiger partial charge in [-0.2, -0.15) is 18.3 Å². The van der Waals surface area contributed by atoms with Crippen molar-refractivity contribution in [3.63, 3.8) is 0 Å². The fourth-order valence-corrected chi connectivity index (χ4v) is 4.40. The monoisotopic (exact) mass is 498 g/mol. The zero-order valence-corrected chi connectivity index (χ0v) is 19.8. The number of nitrogens with zero attached hydrogens (tertiary/aromatic N) is 3. The lowest BCUT2D eigenvalue weighted by Crippen LogP contribution is -2.44. The molecule has 2 aromatic carbocycles. The number of anilines is 1. The fourth-order valence-electron chi connectivity index (χ4n) is 4.40. The Morgan fingerprint density at radius 2 is 1.64 bits per heavy atom. The lowest BCUT2D eigenvalue weighted by molar-refractivity contribution is -0.137. The van der Waals surface area contributed by atoms with Crippen molar-refractivity contribution in [2.24, 2.45) is 5.92 Å². The van der Waals surface area contributed by atoms with Crippen molar-refractivity contribution in [2.75, 3.05) is 18.4 Å². The van der Waals surface area contributed by atoms with E-state index in [-0.39, 0.29) is 47.6 Å². The number of hydrogen-bond acceptors (Lipinski definition) is 4. The molecule has 1 saturated heterocycles. The minimum absolute atomic E-state index is 0.0707. The summed E-state index contributed by atoms with van der Waals surface area (Å²) in [5.74, 6) is -1.90. The highest BCUT2D eigenvalue weighted by molar-refractivity contribution is 6.43. The third kappa shape index (κ3) is 5.17. The SMILES string of the molecule is Cc1nn(-c2cccc(C(F)(F)F)c2)c(C)c1C(=O)C(=O)N1CCC(C(=O)Nc2ccccc2)CC1. The first-order chi connectivity index (χ1) is 17.1. The zero-order chi connectivity index (χ0) is 26.0. The van der Waals surface area contributed by atoms with Gasteiger partial charge in [0.05, 0.1) is 28.2 Å². The van der Waals surface area contributed by atoms with E-state index in [1.54, 1.807) is 19.1 Å². The predicted molar refractivity (Wildman–Crippen MR) is 127 cm³/mol. The number of nitrogens with one attached hydrogen (secondary N) is 1. The molecule has 1 aliphatic heterocycles. The molecule has 2 amide bonds. The van der Waals surface area contributed by atoms with Crippen molar-refractivity contribution in [2.45, 2.75) is 32.9 Å². The summed E-state index contributed by atoms with van der Waals surface area (Å²) in [5.41, 5.74) is 0.599. The van der Waals surface area contributed by atoms with Gasteiger partial charge in [0.25, 0.3) is 11.7 Å². The number of rotatable bonds is 5. The largest absolute Gasteiger partial charge is 0.416 e. The summed E-state index contributed by atoms with van der Waals surface area (Å²) in [6.45, 7) is 3.58. The van der Waals surface area contributed by atoms with Crippen LogP contribution < -0.4 is 5.32 Å². The molecule has 1 aliphatic rings. The molecule has 2 heterocycles. The molecule has 3 aromatic rings. The lowest BCUT2D eigenvalue weighted by Gasteiger charge is -2.30. The summed E-state index contributed by atoms with van der Waals surface area (Å²) >= 11 is 0. The molecule has 7 nitrogen and oxygen atoms in total. The maximum Gasteiger partial charge on any atom is 0.416 e. The van der Waals surface area contributed by atoms with Crippen molar-refractivity contribution in [1.29, 1.82) is 0 Å². The van der Waals surface area contributed by atoms with Crippen molar-refractivity contribution < 1.29 is 27.6 Å². The van der Waals surface area contributed by atoms with Crippen molar-refractivity contribution in [3.05, 3.63) is 77.1 Å². The molecule has 4 rings (SSSR count). The summed E-state index contributed by atoms with van der Waals surface area (Å²) in [4.78, 5) is 40.1. The number of ketones is 1. The highest BCUT2D eigenvalue weighted by Gasteiger charge is 2.34. The van der Waals surface area contributed by atoms with Gasteiger partial charge in [-0.15, -0.1) is 0 Å². The standard InChI is InChI=1S/C26H25F3N4O3/c1-16-22(17(2)33(31-16)21-10-6-7-19(15-21)26(27,28)29)23(34)25(36)32-13-11-18(12-14-32)24(35)30-20-8-4-3-5-9-20/h3-10,15,18H,11-14H2,1-2H3,(H,30,35). The predicted octanol–water partition coefficient (Wildman–Crippen LogP) is 4.57. The summed E-state index contributed by atoms with van der Waals surface area (Å²) in [7, 11) is 0. The lowest BCUT2D eigenvalue weighted by atomic mass is 9.95. The molecule has 0 atom stereocenters. The van der Waals surface area contributed by atoms with E-state index >= 15 is 0 Å². The third-order valence-electron chi connectivity index (χ3n) is 6.32. The Morgan fingerprint density at radius 3 is 2.28 bits per heavy atom. The quantitative estimate of drug-likeness (QED) is 0.413. The Bertz CT molecular complexity index is 1290. The minimum atomic E-state index is -4.52. The van der Waals surface area contributed by atoms with Gasteiger partial charge < -0.3 is 10.2 Å². The number of para-hydroxylation sites is 1. The third-order valence-corrected chi connectivity index (χ3v) is 6.32. The van der Waals surface area contributed by atoms with E-state index in [4.69, 9.17) is 0 Å². The van der Waals surface area contributed by atoms with E-state index in [0.29, 0.717) is 18.5 Å². The number of piperidine rings is 1. The van der Waals surface area contributed by atoms with Gasteiger partial charge in [0, 0.05) is 24.7 Å². The highest BCUT2D eigenvalue weighted by Crippen LogP contribution is 2.31. The van der Waals surface area contributed by atoms with Gasteiger partial charge in [-0.25, -0.2) is 4.68 Å². The normalized spacial score (nSPS) is 14.5. The van der Waals surface area contributed by atoms with Crippen LogP contribution in [-0.4, -0.2) is 45.4 Å². The van der Waals surface area contributed by atoms with Crippen molar-refractivity contribution >= 4 is 23.3 Å². The second kappa shape index (κ2) is 9.96. The average Bonchev–Trinajstić information content (AvgIpc) is 3.17. The van der Waals surface area contributed by atoms with Crippen LogP contribution in [0.15, 0.2) is 54.6 Å². The number of carbonyl (C=O) groups is 3. The number of hydrogen-bond donors (Lipinski definition) is 1. The van der Waals surface area contributed by atoms with Crippen LogP contribution in [0.1, 0.15) is 40.2 Å². The summed E-state index contributed by atoms with van der Waals surface area (Å²) in [6.07, 6.45) is -3.69. The zero-order valence-electron chi connectivity index (χ0n) is 19.8. The van der Waals surface area contributed by atoms with Gasteiger partial charge >= 0.3 is 6.18 Å². The van der Waals surface area contributed by atoms with E-state index < -0.39 is 23.4 Å². The molecule has 0 unspecified atom stereocenters. The summed E-state index contributed by atoms with van der Waals surface area (Å²) < 4.78 is 40.6. The fraction of sp³-hybridized carbons (Fsp3) is 0.308. The maximum absolute atomic E-state index is 13.1. The Hall–Kier alpha value is -3.95. The van der Waals surface area contributed by atoms with Gasteiger partial charge in [-0.05, 0) is 57.0 Å². The molecule has 36 heavy (non-hydrogen) atoms. The van der Waals surface area contributed by atoms with Gasteiger partial charge in [0.15, 0.2) is 0 Å². The van der Waals surface area contributed by atoms with E-state index in [1.807, 2.05) is 18.2 Å². The van der Waals surface area contributed by atoms with Crippen molar-refractivity contribution in [3.8, 4) is 5.69 Å². The Labute approximate surface area is 205 Å². The molecule has 1 N–H and O–H groups in total. The Morgan fingerprint density at radius 1 is 0.972 bits per heavy atom. The number of benzene rings is 2. The first-order valence-corrected chi connectivity index (χ1v) is 11.5. The molecule has 0 bridgehead atoms. The van der Waals surface area contributed by atoms with Crippen LogP contribution >= 0.6 is 0 Å². The number of Topliss-reactive ketones (excluding diaryl/α,β-unsaturated/α-hetero) is 1. The first-order valence-electron chi connectivity index (χ1n) is 11.5. The number of aryl methyl sites for hydroxylation is 1. The number of carbonyl (C=O) groups excluding carboxylic acids is 3. The van der Waals surface area contributed by atoms with Crippen LogP contribution in [-0.2, 0) is 15.8 Å². The van der Waals surface area contributed by atoms with E-state index in [9.17, 15) is 27.6 Å². The molecular weight excluding hydrogens is 473 g/mol. The summed E-state index contributed by atoms with van der Waals surface area (Å²) in [6, 6.07) is 13.7. The molecular formula is C26H25F3N4O3. The number of amides is 2. The topological polar surface area (TPSA) is 84.3 Å². The number of aromatic nitrogens is 2. The van der Waals surface area contributed by atoms with Crippen molar-refractivity contribution in [1.82, 2.24) is 14.7 Å². The Balaban J connectivity index is 1.45. The van der Waals surface area contributed by atoms with E-state index in [0.717, 1.165) is 12.1 Å². The molecule has 0 saturated carbocycles. The van der Waals surface area contributed by atoms with Gasteiger partial charge in [0.2, 0.25) is 5.91 Å². The molecule has 188 valence electrons. The highest BCUT2D eigenvalue weighted by atomic mass is 19.4. The average molecular weight is 499 g/mol. The second-order valence-corrected chi connectivity index (χ2v) is 8.76. The van der Waals surface area contributed by atoms with Crippen LogP contribution in [0.2, 0.25) is 0 Å². The number of likely N-dealkylation sites (tertiary alicyclic amines) is 1.